The van der Waals surface area contributed by atoms with Crippen LogP contribution in [0.4, 0.5) is 0 Å². The molecule has 1 atom stereocenters. The first-order valence-electron chi connectivity index (χ1n) is 5.76. The maximum absolute atomic E-state index is 3.97. The summed E-state index contributed by atoms with van der Waals surface area (Å²) in [5.41, 5.74) is 2.64. The Morgan fingerprint density at radius 1 is 1.50 bits per heavy atom. The van der Waals surface area contributed by atoms with E-state index in [1.807, 2.05) is 0 Å². The summed E-state index contributed by atoms with van der Waals surface area (Å²) in [6.45, 7) is 9.22. The molecule has 0 aliphatic rings. The number of halogens is 1. The molecule has 1 rings (SSSR count). The molecule has 0 bridgehead atoms. The summed E-state index contributed by atoms with van der Waals surface area (Å²) in [4.78, 5) is 0. The van der Waals surface area contributed by atoms with Gasteiger partial charge in [0.15, 0.2) is 0 Å². The lowest BCUT2D eigenvalue weighted by molar-refractivity contribution is 0.514. The summed E-state index contributed by atoms with van der Waals surface area (Å²) < 4.78 is 1.30. The van der Waals surface area contributed by atoms with Gasteiger partial charge in [-0.2, -0.15) is 0 Å². The van der Waals surface area contributed by atoms with E-state index in [2.05, 4.69) is 72.6 Å². The van der Waals surface area contributed by atoms with Gasteiger partial charge >= 0.3 is 0 Å². The Kier molecular flexibility index (Phi) is 6.06. The molecule has 0 aliphatic carbocycles. The van der Waals surface area contributed by atoms with E-state index in [0.29, 0.717) is 6.04 Å². The van der Waals surface area contributed by atoms with E-state index in [4.69, 9.17) is 0 Å². The molecule has 1 aromatic carbocycles. The van der Waals surface area contributed by atoms with Crippen LogP contribution in [0.15, 0.2) is 36.4 Å². The van der Waals surface area contributed by atoms with Crippen LogP contribution >= 0.6 is 22.6 Å². The number of rotatable bonds is 6. The van der Waals surface area contributed by atoms with Gasteiger partial charge < -0.3 is 5.32 Å². The third-order valence-electron chi connectivity index (χ3n) is 2.56. The normalized spacial score (nSPS) is 12.4. The maximum Gasteiger partial charge on any atom is 0.0323 e. The molecule has 0 saturated carbocycles. The zero-order chi connectivity index (χ0) is 12.0. The summed E-state index contributed by atoms with van der Waals surface area (Å²) in [6.07, 6.45) is 2.21. The molecule has 1 unspecified atom stereocenters. The quantitative estimate of drug-likeness (QED) is 0.606. The third kappa shape index (κ3) is 4.66. The van der Waals surface area contributed by atoms with Gasteiger partial charge in [-0.1, -0.05) is 24.6 Å². The highest BCUT2D eigenvalue weighted by atomic mass is 127. The van der Waals surface area contributed by atoms with Gasteiger partial charge in [0.05, 0.1) is 0 Å². The van der Waals surface area contributed by atoms with Crippen molar-refractivity contribution in [2.75, 3.05) is 6.54 Å². The standard InChI is InChI=1S/C14H20IN/c1-4-16-14(9-8-11(2)3)12-6-5-7-13(15)10-12/h5-7,10,14,16H,2,4,8-9H2,1,3H3. The first-order chi connectivity index (χ1) is 7.63. The highest BCUT2D eigenvalue weighted by Crippen LogP contribution is 2.21. The molecular weight excluding hydrogens is 309 g/mol. The average molecular weight is 329 g/mol. The largest absolute Gasteiger partial charge is 0.310 e. The van der Waals surface area contributed by atoms with Crippen molar-refractivity contribution >= 4 is 22.6 Å². The van der Waals surface area contributed by atoms with Gasteiger partial charge in [0.1, 0.15) is 0 Å². The minimum Gasteiger partial charge on any atom is -0.310 e. The van der Waals surface area contributed by atoms with Gasteiger partial charge in [-0.3, -0.25) is 0 Å². The fraction of sp³-hybridized carbons (Fsp3) is 0.429. The molecular formula is C14H20IN. The zero-order valence-electron chi connectivity index (χ0n) is 10.1. The smallest absolute Gasteiger partial charge is 0.0323 e. The van der Waals surface area contributed by atoms with Gasteiger partial charge in [0.25, 0.3) is 0 Å². The number of benzene rings is 1. The molecule has 0 saturated heterocycles. The van der Waals surface area contributed by atoms with Gasteiger partial charge in [-0.05, 0) is 66.6 Å². The Morgan fingerprint density at radius 2 is 2.25 bits per heavy atom. The molecule has 88 valence electrons. The number of hydrogen-bond acceptors (Lipinski definition) is 1. The second-order valence-electron chi connectivity index (χ2n) is 4.16. The summed E-state index contributed by atoms with van der Waals surface area (Å²) in [5.74, 6) is 0. The molecule has 1 N–H and O–H groups in total. The predicted octanol–water partition coefficient (Wildman–Crippen LogP) is 4.30. The van der Waals surface area contributed by atoms with Crippen molar-refractivity contribution in [2.45, 2.75) is 32.7 Å². The highest BCUT2D eigenvalue weighted by Gasteiger charge is 2.09. The van der Waals surface area contributed by atoms with E-state index in [9.17, 15) is 0 Å². The Hall–Kier alpha value is -0.350. The van der Waals surface area contributed by atoms with Crippen LogP contribution in [0.3, 0.4) is 0 Å². The summed E-state index contributed by atoms with van der Waals surface area (Å²) in [6, 6.07) is 9.17. The summed E-state index contributed by atoms with van der Waals surface area (Å²) in [7, 11) is 0. The van der Waals surface area contributed by atoms with E-state index in [1.54, 1.807) is 0 Å². The molecule has 1 aromatic rings. The molecule has 1 nitrogen and oxygen atoms in total. The third-order valence-corrected chi connectivity index (χ3v) is 3.23. The summed E-state index contributed by atoms with van der Waals surface area (Å²) >= 11 is 2.36. The van der Waals surface area contributed by atoms with Crippen molar-refractivity contribution in [1.82, 2.24) is 5.32 Å². The van der Waals surface area contributed by atoms with E-state index >= 15 is 0 Å². The topological polar surface area (TPSA) is 12.0 Å². The molecule has 0 fully saturated rings. The molecule has 0 heterocycles. The molecule has 2 heteroatoms. The van der Waals surface area contributed by atoms with Gasteiger partial charge in [-0.25, -0.2) is 0 Å². The lowest BCUT2D eigenvalue weighted by Crippen LogP contribution is -2.21. The molecule has 16 heavy (non-hydrogen) atoms. The summed E-state index contributed by atoms with van der Waals surface area (Å²) in [5, 5.41) is 3.54. The first-order valence-corrected chi connectivity index (χ1v) is 6.84. The van der Waals surface area contributed by atoms with Crippen LogP contribution in [0.5, 0.6) is 0 Å². The van der Waals surface area contributed by atoms with Crippen molar-refractivity contribution in [3.05, 3.63) is 45.6 Å². The van der Waals surface area contributed by atoms with Crippen molar-refractivity contribution in [2.24, 2.45) is 0 Å². The van der Waals surface area contributed by atoms with E-state index in [0.717, 1.165) is 19.4 Å². The lowest BCUT2D eigenvalue weighted by atomic mass is 10.00. The maximum atomic E-state index is 3.97. The van der Waals surface area contributed by atoms with E-state index in [-0.39, 0.29) is 0 Å². The Labute approximate surface area is 112 Å². The fourth-order valence-corrected chi connectivity index (χ4v) is 2.31. The average Bonchev–Trinajstić information content (AvgIpc) is 2.24. The Morgan fingerprint density at radius 3 is 2.81 bits per heavy atom. The fourth-order valence-electron chi connectivity index (χ4n) is 1.75. The van der Waals surface area contributed by atoms with Crippen LogP contribution in [0.1, 0.15) is 38.3 Å². The van der Waals surface area contributed by atoms with Gasteiger partial charge in [0, 0.05) is 9.61 Å². The molecule has 0 spiro atoms. The molecule has 0 aliphatic heterocycles. The van der Waals surface area contributed by atoms with Gasteiger partial charge in [-0.15, -0.1) is 6.58 Å². The molecule has 0 aromatic heterocycles. The van der Waals surface area contributed by atoms with E-state index in [1.165, 1.54) is 14.7 Å². The van der Waals surface area contributed by atoms with Crippen LogP contribution in [0.2, 0.25) is 0 Å². The lowest BCUT2D eigenvalue weighted by Gasteiger charge is -2.18. The van der Waals surface area contributed by atoms with E-state index < -0.39 is 0 Å². The molecule has 0 amide bonds. The number of nitrogens with one attached hydrogen (secondary N) is 1. The van der Waals surface area contributed by atoms with Gasteiger partial charge in [0.2, 0.25) is 0 Å². The Balaban J connectivity index is 2.72. The second kappa shape index (κ2) is 7.07. The number of allylic oxidation sites excluding steroid dienone is 1. The SMILES string of the molecule is C=C(C)CCC(NCC)c1cccc(I)c1. The first kappa shape index (κ1) is 13.7. The zero-order valence-corrected chi connectivity index (χ0v) is 12.3. The van der Waals surface area contributed by atoms with Crippen LogP contribution in [0.25, 0.3) is 0 Å². The van der Waals surface area contributed by atoms with Crippen LogP contribution in [0, 0.1) is 3.57 Å². The van der Waals surface area contributed by atoms with Crippen LogP contribution in [-0.4, -0.2) is 6.54 Å². The van der Waals surface area contributed by atoms with Crippen LogP contribution in [-0.2, 0) is 0 Å². The minimum absolute atomic E-state index is 0.455. The minimum atomic E-state index is 0.455. The highest BCUT2D eigenvalue weighted by molar-refractivity contribution is 14.1. The van der Waals surface area contributed by atoms with Crippen molar-refractivity contribution in [1.29, 1.82) is 0 Å². The predicted molar refractivity (Wildman–Crippen MR) is 79.6 cm³/mol. The second-order valence-corrected chi connectivity index (χ2v) is 5.41. The monoisotopic (exact) mass is 329 g/mol. The van der Waals surface area contributed by atoms with Crippen molar-refractivity contribution in [3.8, 4) is 0 Å². The van der Waals surface area contributed by atoms with Crippen molar-refractivity contribution < 1.29 is 0 Å². The van der Waals surface area contributed by atoms with Crippen LogP contribution < -0.4 is 5.32 Å². The van der Waals surface area contributed by atoms with Crippen molar-refractivity contribution in [3.63, 3.8) is 0 Å². The Bertz CT molecular complexity index is 346. The number of hydrogen-bond donors (Lipinski definition) is 1. The molecule has 0 radical (unpaired) electrons.